The second-order valence-corrected chi connectivity index (χ2v) is 9.99. The summed E-state index contributed by atoms with van der Waals surface area (Å²) in [7, 11) is 0. The molecule has 0 atom stereocenters. The monoisotopic (exact) mass is 367 g/mol. The van der Waals surface area contributed by atoms with E-state index in [2.05, 4.69) is 32.6 Å². The smallest absolute Gasteiger partial charge is 0.161 e. The molecule has 4 nitrogen and oxygen atoms in total. The van der Waals surface area contributed by atoms with Gasteiger partial charge in [-0.2, -0.15) is 0 Å². The zero-order valence-electron chi connectivity index (χ0n) is 17.0. The molecule has 144 valence electrons. The van der Waals surface area contributed by atoms with Crippen molar-refractivity contribution in [2.24, 2.45) is 16.7 Å². The van der Waals surface area contributed by atoms with E-state index in [0.29, 0.717) is 19.4 Å². The average molecular weight is 367 g/mol. The van der Waals surface area contributed by atoms with Crippen LogP contribution in [0.1, 0.15) is 66.1 Å². The molecule has 4 heteroatoms. The van der Waals surface area contributed by atoms with Gasteiger partial charge in [-0.25, -0.2) is 0 Å². The van der Waals surface area contributed by atoms with Gasteiger partial charge in [-0.3, -0.25) is 9.59 Å². The Kier molecular flexibility index (Phi) is 4.03. The molecular weight excluding hydrogens is 338 g/mol. The third kappa shape index (κ3) is 3.09. The fraction of sp³-hybridized carbons (Fsp3) is 0.565. The molecule has 1 aliphatic heterocycles. The number of ketones is 2. The highest BCUT2D eigenvalue weighted by Gasteiger charge is 2.47. The summed E-state index contributed by atoms with van der Waals surface area (Å²) in [6.07, 6.45) is 4.48. The summed E-state index contributed by atoms with van der Waals surface area (Å²) < 4.78 is 5.62. The summed E-state index contributed by atoms with van der Waals surface area (Å²) >= 11 is 0. The van der Waals surface area contributed by atoms with Gasteiger partial charge in [0.1, 0.15) is 5.76 Å². The molecule has 2 aliphatic carbocycles. The molecule has 1 aromatic rings. The molecular formula is C23H29NO3. The minimum absolute atomic E-state index is 0.0662. The van der Waals surface area contributed by atoms with E-state index in [-0.39, 0.29) is 28.3 Å². The number of rotatable bonds is 2. The molecule has 0 N–H and O–H groups in total. The highest BCUT2D eigenvalue weighted by molar-refractivity contribution is 6.05. The maximum absolute atomic E-state index is 13.1. The summed E-state index contributed by atoms with van der Waals surface area (Å²) in [5.74, 6) is 1.15. The molecule has 0 radical (unpaired) electrons. The van der Waals surface area contributed by atoms with Crippen LogP contribution in [0, 0.1) is 16.7 Å². The van der Waals surface area contributed by atoms with E-state index < -0.39 is 0 Å². The van der Waals surface area contributed by atoms with Crippen LogP contribution in [-0.4, -0.2) is 16.5 Å². The van der Waals surface area contributed by atoms with Crippen molar-refractivity contribution in [3.63, 3.8) is 0 Å². The van der Waals surface area contributed by atoms with Crippen LogP contribution in [0.25, 0.3) is 0 Å². The van der Waals surface area contributed by atoms with Gasteiger partial charge in [0.05, 0.1) is 12.8 Å². The van der Waals surface area contributed by atoms with Crippen molar-refractivity contribution in [1.29, 1.82) is 0 Å². The molecule has 27 heavy (non-hydrogen) atoms. The van der Waals surface area contributed by atoms with E-state index in [1.54, 1.807) is 6.26 Å². The van der Waals surface area contributed by atoms with Crippen molar-refractivity contribution in [1.82, 2.24) is 4.90 Å². The number of hydrogen-bond donors (Lipinski definition) is 0. The van der Waals surface area contributed by atoms with Gasteiger partial charge < -0.3 is 9.32 Å². The maximum Gasteiger partial charge on any atom is 0.161 e. The molecule has 0 saturated carbocycles. The third-order valence-corrected chi connectivity index (χ3v) is 6.20. The Bertz CT molecular complexity index is 813. The lowest BCUT2D eigenvalue weighted by Gasteiger charge is -2.48. The fourth-order valence-electron chi connectivity index (χ4n) is 5.12. The van der Waals surface area contributed by atoms with Gasteiger partial charge >= 0.3 is 0 Å². The molecule has 0 amide bonds. The van der Waals surface area contributed by atoms with E-state index in [9.17, 15) is 9.59 Å². The Balaban J connectivity index is 1.87. The minimum Gasteiger partial charge on any atom is -0.467 e. The first-order valence-corrected chi connectivity index (χ1v) is 9.90. The van der Waals surface area contributed by atoms with Gasteiger partial charge in [0.25, 0.3) is 0 Å². The van der Waals surface area contributed by atoms with Gasteiger partial charge in [0.2, 0.25) is 0 Å². The van der Waals surface area contributed by atoms with E-state index in [4.69, 9.17) is 4.42 Å². The molecule has 0 saturated heterocycles. The van der Waals surface area contributed by atoms with Crippen molar-refractivity contribution in [3.8, 4) is 0 Å². The molecule has 4 rings (SSSR count). The molecule has 3 aliphatic rings. The lowest BCUT2D eigenvalue weighted by Crippen LogP contribution is -2.44. The summed E-state index contributed by atoms with van der Waals surface area (Å²) in [4.78, 5) is 28.4. The first-order chi connectivity index (χ1) is 12.6. The van der Waals surface area contributed by atoms with Crippen LogP contribution in [0.3, 0.4) is 0 Å². The summed E-state index contributed by atoms with van der Waals surface area (Å²) in [5, 5.41) is 0. The molecule has 0 spiro atoms. The summed E-state index contributed by atoms with van der Waals surface area (Å²) in [6, 6.07) is 3.85. The summed E-state index contributed by atoms with van der Waals surface area (Å²) in [5.41, 5.74) is 3.78. The van der Waals surface area contributed by atoms with Crippen LogP contribution < -0.4 is 0 Å². The van der Waals surface area contributed by atoms with E-state index in [1.165, 1.54) is 0 Å². The van der Waals surface area contributed by atoms with Crippen molar-refractivity contribution in [2.75, 3.05) is 0 Å². The number of carbonyl (C=O) groups excluding carboxylic acids is 2. The van der Waals surface area contributed by atoms with Crippen LogP contribution in [0.5, 0.6) is 0 Å². The molecule has 0 aromatic carbocycles. The number of allylic oxidation sites excluding steroid dienone is 4. The van der Waals surface area contributed by atoms with Crippen LogP contribution in [0.15, 0.2) is 45.4 Å². The van der Waals surface area contributed by atoms with Gasteiger partial charge in [-0.15, -0.1) is 0 Å². The third-order valence-electron chi connectivity index (χ3n) is 6.20. The maximum atomic E-state index is 13.1. The second-order valence-electron chi connectivity index (χ2n) is 9.99. The largest absolute Gasteiger partial charge is 0.467 e. The van der Waals surface area contributed by atoms with Crippen LogP contribution >= 0.6 is 0 Å². The van der Waals surface area contributed by atoms with Gasteiger partial charge in [-0.05, 0) is 35.8 Å². The lowest BCUT2D eigenvalue weighted by molar-refractivity contribution is -0.120. The standard InChI is InChI=1S/C23H29NO3/c1-14-20-16(9-22(2,3)11-18(20)25)24(13-15-7-6-8-27-15)17-10-23(4,5)12-19(26)21(14)17/h6-8,14H,9-13H2,1-5H3. The van der Waals surface area contributed by atoms with Crippen molar-refractivity contribution in [3.05, 3.63) is 46.7 Å². The van der Waals surface area contributed by atoms with Gasteiger partial charge in [-0.1, -0.05) is 34.6 Å². The Hall–Kier alpha value is -2.10. The highest BCUT2D eigenvalue weighted by Crippen LogP contribution is 2.51. The number of Topliss-reactive ketones (excluding diaryl/α,β-unsaturated/α-hetero) is 2. The Morgan fingerprint density at radius 2 is 1.48 bits per heavy atom. The van der Waals surface area contributed by atoms with E-state index in [0.717, 1.165) is 41.1 Å². The number of nitrogens with zero attached hydrogens (tertiary/aromatic N) is 1. The Morgan fingerprint density at radius 1 is 0.963 bits per heavy atom. The fourth-order valence-corrected chi connectivity index (χ4v) is 5.12. The van der Waals surface area contributed by atoms with E-state index >= 15 is 0 Å². The van der Waals surface area contributed by atoms with E-state index in [1.807, 2.05) is 19.1 Å². The van der Waals surface area contributed by atoms with Gasteiger partial charge in [0.15, 0.2) is 11.6 Å². The molecule has 0 bridgehead atoms. The zero-order valence-corrected chi connectivity index (χ0v) is 17.0. The number of hydrogen-bond acceptors (Lipinski definition) is 4. The zero-order chi connectivity index (χ0) is 19.6. The lowest BCUT2D eigenvalue weighted by atomic mass is 9.65. The Labute approximate surface area is 161 Å². The predicted octanol–water partition coefficient (Wildman–Crippen LogP) is 5.02. The second kappa shape index (κ2) is 5.95. The van der Waals surface area contributed by atoms with Crippen molar-refractivity contribution < 1.29 is 14.0 Å². The minimum atomic E-state index is -0.102. The summed E-state index contributed by atoms with van der Waals surface area (Å²) in [6.45, 7) is 11.2. The van der Waals surface area contributed by atoms with Crippen molar-refractivity contribution >= 4 is 11.6 Å². The quantitative estimate of drug-likeness (QED) is 0.737. The highest BCUT2D eigenvalue weighted by atomic mass is 16.3. The molecule has 1 aromatic heterocycles. The van der Waals surface area contributed by atoms with Gasteiger partial charge in [0, 0.05) is 41.3 Å². The normalized spacial score (nSPS) is 25.0. The number of carbonyl (C=O) groups is 2. The van der Waals surface area contributed by atoms with Crippen LogP contribution in [0.4, 0.5) is 0 Å². The Morgan fingerprint density at radius 3 is 1.93 bits per heavy atom. The molecule has 2 heterocycles. The first-order valence-electron chi connectivity index (χ1n) is 9.90. The average Bonchev–Trinajstić information content (AvgIpc) is 3.00. The predicted molar refractivity (Wildman–Crippen MR) is 104 cm³/mol. The van der Waals surface area contributed by atoms with Crippen LogP contribution in [0.2, 0.25) is 0 Å². The topological polar surface area (TPSA) is 50.5 Å². The van der Waals surface area contributed by atoms with Crippen LogP contribution in [-0.2, 0) is 16.1 Å². The molecule has 0 fully saturated rings. The molecule has 0 unspecified atom stereocenters. The SMILES string of the molecule is CC1C2=C(CC(C)(C)CC2=O)N(Cc2ccco2)C2=C1C(=O)CC(C)(C)C2. The number of furan rings is 1. The van der Waals surface area contributed by atoms with Crippen molar-refractivity contribution in [2.45, 2.75) is 66.8 Å². The first kappa shape index (κ1) is 18.3.